The quantitative estimate of drug-likeness (QED) is 0.840. The minimum Gasteiger partial charge on any atom is -0.300 e. The van der Waals surface area contributed by atoms with Gasteiger partial charge in [-0.05, 0) is 30.7 Å². The minimum absolute atomic E-state index is 0.341. The second kappa shape index (κ2) is 5.61. The molecule has 1 aliphatic carbocycles. The van der Waals surface area contributed by atoms with E-state index in [0.29, 0.717) is 10.0 Å². The second-order valence-corrected chi connectivity index (χ2v) is 6.39. The highest BCUT2D eigenvalue weighted by Gasteiger charge is 2.32. The summed E-state index contributed by atoms with van der Waals surface area (Å²) < 4.78 is 2.44. The van der Waals surface area contributed by atoms with Crippen molar-refractivity contribution in [3.63, 3.8) is 0 Å². The zero-order valence-corrected chi connectivity index (χ0v) is 12.2. The number of hydrogen-bond donors (Lipinski definition) is 0. The van der Waals surface area contributed by atoms with Gasteiger partial charge in [-0.3, -0.25) is 0 Å². The maximum absolute atomic E-state index is 6.14. The van der Waals surface area contributed by atoms with Crippen molar-refractivity contribution in [2.24, 2.45) is 0 Å². The molecule has 5 heteroatoms. The molecule has 1 heterocycles. The van der Waals surface area contributed by atoms with Crippen molar-refractivity contribution < 1.29 is 0 Å². The Balaban J connectivity index is 2.19. The zero-order valence-electron chi connectivity index (χ0n) is 10.6. The number of aromatic nitrogens is 3. The van der Waals surface area contributed by atoms with Gasteiger partial charge >= 0.3 is 0 Å². The van der Waals surface area contributed by atoms with Crippen molar-refractivity contribution in [3.05, 3.63) is 11.1 Å². The zero-order chi connectivity index (χ0) is 12.3. The van der Waals surface area contributed by atoms with Crippen LogP contribution in [-0.4, -0.2) is 25.8 Å². The van der Waals surface area contributed by atoms with Gasteiger partial charge in [0.15, 0.2) is 0 Å². The molecule has 0 unspecified atom stereocenters. The van der Waals surface area contributed by atoms with E-state index in [0.717, 1.165) is 18.8 Å². The third kappa shape index (κ3) is 2.79. The van der Waals surface area contributed by atoms with Crippen molar-refractivity contribution in [2.45, 2.75) is 56.7 Å². The van der Waals surface area contributed by atoms with E-state index in [1.54, 1.807) is 0 Å². The van der Waals surface area contributed by atoms with E-state index in [-0.39, 0.29) is 0 Å². The van der Waals surface area contributed by atoms with E-state index in [2.05, 4.69) is 27.9 Å². The average molecular weight is 274 g/mol. The minimum atomic E-state index is 0.341. The predicted octanol–water partition coefficient (Wildman–Crippen LogP) is 3.56. The van der Waals surface area contributed by atoms with Crippen molar-refractivity contribution in [2.75, 3.05) is 6.26 Å². The normalized spacial score (nSPS) is 19.5. The SMILES string of the molecule is CCc1nnc(Cl)n1CC1(SC)CCCCC1. The topological polar surface area (TPSA) is 30.7 Å². The fraction of sp³-hybridized carbons (Fsp3) is 0.833. The van der Waals surface area contributed by atoms with Gasteiger partial charge in [0, 0.05) is 17.7 Å². The summed E-state index contributed by atoms with van der Waals surface area (Å²) >= 11 is 8.13. The smallest absolute Gasteiger partial charge is 0.225 e. The molecule has 1 aliphatic rings. The summed E-state index contributed by atoms with van der Waals surface area (Å²) in [4.78, 5) is 0. The van der Waals surface area contributed by atoms with Crippen LogP contribution in [0.1, 0.15) is 44.9 Å². The van der Waals surface area contributed by atoms with Crippen molar-refractivity contribution in [1.29, 1.82) is 0 Å². The second-order valence-electron chi connectivity index (χ2n) is 4.77. The van der Waals surface area contributed by atoms with Crippen LogP contribution in [-0.2, 0) is 13.0 Å². The number of nitrogens with zero attached hydrogens (tertiary/aromatic N) is 3. The standard InChI is InChI=1S/C12H20ClN3S/c1-3-10-14-15-11(13)16(10)9-12(17-2)7-5-4-6-8-12/h3-9H2,1-2H3. The molecular weight excluding hydrogens is 254 g/mol. The first-order valence-corrected chi connectivity index (χ1v) is 7.94. The van der Waals surface area contributed by atoms with Gasteiger partial charge < -0.3 is 4.57 Å². The Bertz CT molecular complexity index is 372. The summed E-state index contributed by atoms with van der Waals surface area (Å²) in [6, 6.07) is 0. The largest absolute Gasteiger partial charge is 0.300 e. The van der Waals surface area contributed by atoms with E-state index < -0.39 is 0 Å². The number of thioether (sulfide) groups is 1. The van der Waals surface area contributed by atoms with E-state index in [1.807, 2.05) is 11.8 Å². The van der Waals surface area contributed by atoms with Crippen LogP contribution in [0, 0.1) is 0 Å². The molecule has 0 radical (unpaired) electrons. The molecule has 0 aliphatic heterocycles. The molecule has 0 N–H and O–H groups in total. The Hall–Kier alpha value is -0.220. The van der Waals surface area contributed by atoms with Gasteiger partial charge in [-0.25, -0.2) is 0 Å². The first-order chi connectivity index (χ1) is 8.21. The van der Waals surface area contributed by atoms with E-state index >= 15 is 0 Å². The number of hydrogen-bond acceptors (Lipinski definition) is 3. The van der Waals surface area contributed by atoms with Gasteiger partial charge in [0.25, 0.3) is 0 Å². The highest BCUT2D eigenvalue weighted by molar-refractivity contribution is 8.00. The predicted molar refractivity (Wildman–Crippen MR) is 73.7 cm³/mol. The van der Waals surface area contributed by atoms with Crippen LogP contribution in [0.5, 0.6) is 0 Å². The van der Waals surface area contributed by atoms with Crippen LogP contribution in [0.4, 0.5) is 0 Å². The fourth-order valence-electron chi connectivity index (χ4n) is 2.64. The summed E-state index contributed by atoms with van der Waals surface area (Å²) in [6.45, 7) is 3.06. The Morgan fingerprint density at radius 1 is 1.29 bits per heavy atom. The van der Waals surface area contributed by atoms with E-state index in [4.69, 9.17) is 11.6 Å². The van der Waals surface area contributed by atoms with Crippen LogP contribution in [0.25, 0.3) is 0 Å². The molecule has 17 heavy (non-hydrogen) atoms. The lowest BCUT2D eigenvalue weighted by atomic mass is 9.88. The lowest BCUT2D eigenvalue weighted by Gasteiger charge is -2.36. The molecule has 2 rings (SSSR count). The molecule has 1 fully saturated rings. The van der Waals surface area contributed by atoms with Gasteiger partial charge in [0.05, 0.1) is 0 Å². The highest BCUT2D eigenvalue weighted by atomic mass is 35.5. The van der Waals surface area contributed by atoms with Crippen LogP contribution < -0.4 is 0 Å². The summed E-state index contributed by atoms with van der Waals surface area (Å²) in [6.07, 6.45) is 9.72. The Kier molecular flexibility index (Phi) is 4.36. The maximum atomic E-state index is 6.14. The molecule has 0 atom stereocenters. The van der Waals surface area contributed by atoms with Gasteiger partial charge in [0.1, 0.15) is 5.82 Å². The first kappa shape index (κ1) is 13.2. The third-order valence-electron chi connectivity index (χ3n) is 3.74. The highest BCUT2D eigenvalue weighted by Crippen LogP contribution is 2.40. The Labute approximate surface area is 112 Å². The lowest BCUT2D eigenvalue weighted by Crippen LogP contribution is -2.33. The van der Waals surface area contributed by atoms with Crippen LogP contribution in [0.15, 0.2) is 0 Å². The number of halogens is 1. The summed E-state index contributed by atoms with van der Waals surface area (Å²) in [5, 5.41) is 8.67. The molecule has 1 aromatic heterocycles. The molecule has 0 spiro atoms. The third-order valence-corrected chi connectivity index (χ3v) is 5.43. The van der Waals surface area contributed by atoms with Gasteiger partial charge in [-0.1, -0.05) is 26.2 Å². The number of aryl methyl sites for hydroxylation is 1. The van der Waals surface area contributed by atoms with Gasteiger partial charge in [-0.15, -0.1) is 10.2 Å². The Morgan fingerprint density at radius 3 is 2.59 bits per heavy atom. The van der Waals surface area contributed by atoms with Crippen molar-refractivity contribution >= 4 is 23.4 Å². The van der Waals surface area contributed by atoms with Crippen LogP contribution in [0.3, 0.4) is 0 Å². The molecule has 3 nitrogen and oxygen atoms in total. The van der Waals surface area contributed by atoms with E-state index in [1.165, 1.54) is 32.1 Å². The molecule has 1 aromatic rings. The molecule has 96 valence electrons. The number of rotatable bonds is 4. The van der Waals surface area contributed by atoms with Gasteiger partial charge in [-0.2, -0.15) is 11.8 Å². The molecule has 0 bridgehead atoms. The fourth-order valence-corrected chi connectivity index (χ4v) is 3.79. The molecule has 0 amide bonds. The lowest BCUT2D eigenvalue weighted by molar-refractivity contribution is 0.355. The molecule has 1 saturated carbocycles. The monoisotopic (exact) mass is 273 g/mol. The summed E-state index contributed by atoms with van der Waals surface area (Å²) in [5.41, 5.74) is 0. The van der Waals surface area contributed by atoms with Crippen LogP contribution in [0.2, 0.25) is 5.28 Å². The summed E-state index contributed by atoms with van der Waals surface area (Å²) in [5.74, 6) is 1.01. The molecule has 0 saturated heterocycles. The van der Waals surface area contributed by atoms with Gasteiger partial charge in [0.2, 0.25) is 5.28 Å². The van der Waals surface area contributed by atoms with Crippen LogP contribution >= 0.6 is 23.4 Å². The first-order valence-electron chi connectivity index (χ1n) is 6.33. The molecule has 0 aromatic carbocycles. The van der Waals surface area contributed by atoms with E-state index in [9.17, 15) is 0 Å². The summed E-state index contributed by atoms with van der Waals surface area (Å²) in [7, 11) is 0. The van der Waals surface area contributed by atoms with Crippen molar-refractivity contribution in [3.8, 4) is 0 Å². The Morgan fingerprint density at radius 2 is 2.00 bits per heavy atom. The molecular formula is C12H20ClN3S. The van der Waals surface area contributed by atoms with Crippen molar-refractivity contribution in [1.82, 2.24) is 14.8 Å². The maximum Gasteiger partial charge on any atom is 0.225 e. The average Bonchev–Trinajstić information content (AvgIpc) is 2.72.